The van der Waals surface area contributed by atoms with Crippen LogP contribution in [-0.2, 0) is 4.74 Å². The van der Waals surface area contributed by atoms with Crippen LogP contribution in [0.4, 0.5) is 0 Å². The van der Waals surface area contributed by atoms with E-state index in [1.54, 1.807) is 6.61 Å². The van der Waals surface area contributed by atoms with Crippen molar-refractivity contribution in [3.63, 3.8) is 0 Å². The third-order valence-corrected chi connectivity index (χ3v) is 0.742. The molecule has 6 heavy (non-hydrogen) atoms. The van der Waals surface area contributed by atoms with E-state index in [4.69, 9.17) is 4.74 Å². The van der Waals surface area contributed by atoms with E-state index in [0.29, 0.717) is 0 Å². The van der Waals surface area contributed by atoms with Crippen molar-refractivity contribution in [3.05, 3.63) is 6.61 Å². The van der Waals surface area contributed by atoms with E-state index < -0.39 is 0 Å². The summed E-state index contributed by atoms with van der Waals surface area (Å²) >= 11 is 0. The Kier molecular flexibility index (Phi) is 1.47. The number of hydrogen-bond donors (Lipinski definition) is 1. The van der Waals surface area contributed by atoms with Crippen LogP contribution in [-0.4, -0.2) is 19.7 Å². The van der Waals surface area contributed by atoms with Crippen molar-refractivity contribution in [1.82, 2.24) is 5.32 Å². The zero-order valence-corrected chi connectivity index (χ0v) is 3.61. The van der Waals surface area contributed by atoms with Crippen LogP contribution >= 0.6 is 0 Å². The molecule has 1 N–H and O–H groups in total. The maximum absolute atomic E-state index is 4.88. The third-order valence-electron chi connectivity index (χ3n) is 0.742. The van der Waals surface area contributed by atoms with Gasteiger partial charge in [0.15, 0.2) is 0 Å². The van der Waals surface area contributed by atoms with Gasteiger partial charge in [0.2, 0.25) is 0 Å². The molecule has 0 spiro atoms. The molecule has 0 aromatic carbocycles. The summed E-state index contributed by atoms with van der Waals surface area (Å²) in [7, 11) is 0. The van der Waals surface area contributed by atoms with E-state index in [2.05, 4.69) is 5.32 Å². The quantitative estimate of drug-likeness (QED) is 0.439. The van der Waals surface area contributed by atoms with Crippen molar-refractivity contribution in [2.45, 2.75) is 0 Å². The summed E-state index contributed by atoms with van der Waals surface area (Å²) in [6.07, 6.45) is 0. The van der Waals surface area contributed by atoms with E-state index in [-0.39, 0.29) is 0 Å². The van der Waals surface area contributed by atoms with Crippen LogP contribution in [0.5, 0.6) is 0 Å². The molecular weight excluding hydrogens is 78.0 g/mol. The molecule has 0 aliphatic carbocycles. The molecule has 1 radical (unpaired) electrons. The highest BCUT2D eigenvalue weighted by atomic mass is 16.5. The fourth-order valence-electron chi connectivity index (χ4n) is 0.434. The molecule has 0 unspecified atom stereocenters. The Morgan fingerprint density at radius 3 is 2.83 bits per heavy atom. The van der Waals surface area contributed by atoms with Gasteiger partial charge < -0.3 is 10.1 Å². The highest BCUT2D eigenvalue weighted by Gasteiger charge is 1.93. The van der Waals surface area contributed by atoms with Gasteiger partial charge in [-0.05, 0) is 0 Å². The Balaban J connectivity index is 2.00. The molecule has 1 rings (SSSR count). The molecule has 0 aromatic rings. The van der Waals surface area contributed by atoms with Crippen LogP contribution in [0.25, 0.3) is 0 Å². The fourth-order valence-corrected chi connectivity index (χ4v) is 0.434. The minimum absolute atomic E-state index is 0.833. The average Bonchev–Trinajstić information content (AvgIpc) is 1.72. The van der Waals surface area contributed by atoms with Crippen molar-refractivity contribution in [1.29, 1.82) is 0 Å². The predicted molar refractivity (Wildman–Crippen MR) is 23.1 cm³/mol. The lowest BCUT2D eigenvalue weighted by Gasteiger charge is -2.09. The lowest BCUT2D eigenvalue weighted by atomic mass is 10.5. The largest absolute Gasteiger partial charge is 0.373 e. The second-order valence-electron chi connectivity index (χ2n) is 1.24. The summed E-state index contributed by atoms with van der Waals surface area (Å²) < 4.78 is 4.88. The average molecular weight is 86.1 g/mol. The molecule has 0 amide bonds. The van der Waals surface area contributed by atoms with Gasteiger partial charge in [-0.25, -0.2) is 0 Å². The summed E-state index contributed by atoms with van der Waals surface area (Å²) in [6.45, 7) is 4.51. The van der Waals surface area contributed by atoms with Gasteiger partial charge in [0.05, 0.1) is 13.2 Å². The molecule has 1 aliphatic rings. The second-order valence-corrected chi connectivity index (χ2v) is 1.24. The Bertz CT molecular complexity index is 23.0. The number of morpholine rings is 1. The van der Waals surface area contributed by atoms with Crippen molar-refractivity contribution >= 4 is 0 Å². The van der Waals surface area contributed by atoms with Crippen molar-refractivity contribution < 1.29 is 4.74 Å². The smallest absolute Gasteiger partial charge is 0.0973 e. The third kappa shape index (κ3) is 0.954. The van der Waals surface area contributed by atoms with Crippen LogP contribution in [0.2, 0.25) is 0 Å². The molecule has 0 saturated carbocycles. The molecule has 2 nitrogen and oxygen atoms in total. The zero-order chi connectivity index (χ0) is 4.24. The van der Waals surface area contributed by atoms with Gasteiger partial charge in [-0.2, -0.15) is 0 Å². The number of hydrogen-bond acceptors (Lipinski definition) is 2. The van der Waals surface area contributed by atoms with E-state index in [1.165, 1.54) is 0 Å². The predicted octanol–water partition coefficient (Wildman–Crippen LogP) is -0.232. The maximum atomic E-state index is 4.88. The lowest BCUT2D eigenvalue weighted by Crippen LogP contribution is -2.27. The van der Waals surface area contributed by atoms with Crippen molar-refractivity contribution in [3.8, 4) is 0 Å². The van der Waals surface area contributed by atoms with E-state index in [9.17, 15) is 0 Å². The Hall–Kier alpha value is -0.0800. The second kappa shape index (κ2) is 2.16. The molecule has 1 aliphatic heterocycles. The molecule has 1 heterocycles. The zero-order valence-electron chi connectivity index (χ0n) is 3.61. The molecule has 1 saturated heterocycles. The van der Waals surface area contributed by atoms with Crippen LogP contribution in [0, 0.1) is 6.61 Å². The van der Waals surface area contributed by atoms with Gasteiger partial charge >= 0.3 is 0 Å². The summed E-state index contributed by atoms with van der Waals surface area (Å²) in [5.41, 5.74) is 0. The van der Waals surface area contributed by atoms with E-state index >= 15 is 0 Å². The summed E-state index contributed by atoms with van der Waals surface area (Å²) in [5.74, 6) is 0. The van der Waals surface area contributed by atoms with Gasteiger partial charge in [-0.15, -0.1) is 0 Å². The highest BCUT2D eigenvalue weighted by molar-refractivity contribution is 4.60. The van der Waals surface area contributed by atoms with Crippen molar-refractivity contribution in [2.24, 2.45) is 0 Å². The topological polar surface area (TPSA) is 21.3 Å². The van der Waals surface area contributed by atoms with Crippen LogP contribution < -0.4 is 5.32 Å². The first-order chi connectivity index (χ1) is 3.00. The van der Waals surface area contributed by atoms with Gasteiger partial charge in [0.1, 0.15) is 0 Å². The summed E-state index contributed by atoms with van der Waals surface area (Å²) in [6, 6.07) is 0. The normalized spacial score (nSPS) is 24.0. The molecule has 0 atom stereocenters. The molecular formula is C4H8NO. The molecule has 1 fully saturated rings. The first-order valence-corrected chi connectivity index (χ1v) is 2.14. The van der Waals surface area contributed by atoms with Gasteiger partial charge in [-0.1, -0.05) is 0 Å². The standard InChI is InChI=1S/C4H8NO/c1-3-6-4-2-5-1/h3,5H,1-2,4H2. The van der Waals surface area contributed by atoms with Crippen molar-refractivity contribution in [2.75, 3.05) is 19.7 Å². The lowest BCUT2D eigenvalue weighted by molar-refractivity contribution is 0.167. The maximum Gasteiger partial charge on any atom is 0.0973 e. The summed E-state index contributed by atoms with van der Waals surface area (Å²) in [5, 5.41) is 3.10. The number of nitrogens with one attached hydrogen (secondary N) is 1. The Morgan fingerprint density at radius 1 is 1.67 bits per heavy atom. The molecule has 0 aromatic heterocycles. The van der Waals surface area contributed by atoms with Gasteiger partial charge in [-0.3, -0.25) is 0 Å². The molecule has 2 heteroatoms. The monoisotopic (exact) mass is 86.1 g/mol. The van der Waals surface area contributed by atoms with Gasteiger partial charge in [0, 0.05) is 13.1 Å². The summed E-state index contributed by atoms with van der Waals surface area (Å²) in [4.78, 5) is 0. The Labute approximate surface area is 37.5 Å². The first kappa shape index (κ1) is 4.09. The molecule has 0 bridgehead atoms. The van der Waals surface area contributed by atoms with Gasteiger partial charge in [0.25, 0.3) is 0 Å². The van der Waals surface area contributed by atoms with E-state index in [1.807, 2.05) is 0 Å². The minimum Gasteiger partial charge on any atom is -0.373 e. The van der Waals surface area contributed by atoms with E-state index in [0.717, 1.165) is 19.7 Å². The SMILES string of the molecule is [CH]1CNCCO1. The number of ether oxygens (including phenoxy) is 1. The minimum atomic E-state index is 0.833. The van der Waals surface area contributed by atoms with Crippen LogP contribution in [0.15, 0.2) is 0 Å². The fraction of sp³-hybridized carbons (Fsp3) is 0.750. The highest BCUT2D eigenvalue weighted by Crippen LogP contribution is 1.82. The van der Waals surface area contributed by atoms with Crippen LogP contribution in [0.3, 0.4) is 0 Å². The Morgan fingerprint density at radius 2 is 2.67 bits per heavy atom. The first-order valence-electron chi connectivity index (χ1n) is 2.14. The number of rotatable bonds is 0. The molecule has 35 valence electrons. The van der Waals surface area contributed by atoms with Crippen LogP contribution in [0.1, 0.15) is 0 Å².